The van der Waals surface area contributed by atoms with Gasteiger partial charge in [-0.05, 0) is 65.9 Å². The van der Waals surface area contributed by atoms with Crippen molar-refractivity contribution in [2.45, 2.75) is 18.0 Å². The second kappa shape index (κ2) is 8.39. The highest BCUT2D eigenvalue weighted by Gasteiger charge is 2.31. The van der Waals surface area contributed by atoms with Gasteiger partial charge in [0.25, 0.3) is 0 Å². The van der Waals surface area contributed by atoms with Crippen molar-refractivity contribution in [1.29, 1.82) is 0 Å². The minimum Gasteiger partial charge on any atom is -0.478 e. The standard InChI is InChI=1S/C21H15ClF3NO2S/c1-12-7-18(20(27)28)19(11-17(12)13-5-3-2-4-6-13)26-29-16-9-14(21(23,24)25)8-15(22)10-16/h2-11,26H,1H3,(H,27,28). The van der Waals surface area contributed by atoms with Crippen LogP contribution in [0.2, 0.25) is 5.02 Å². The maximum absolute atomic E-state index is 13.0. The molecule has 150 valence electrons. The number of hydrogen-bond donors (Lipinski definition) is 2. The van der Waals surface area contributed by atoms with E-state index < -0.39 is 17.7 Å². The first-order chi connectivity index (χ1) is 13.6. The predicted octanol–water partition coefficient (Wildman–Crippen LogP) is 7.15. The van der Waals surface area contributed by atoms with Crippen molar-refractivity contribution in [2.24, 2.45) is 0 Å². The van der Waals surface area contributed by atoms with E-state index in [0.29, 0.717) is 0 Å². The zero-order valence-electron chi connectivity index (χ0n) is 15.0. The third-order valence-electron chi connectivity index (χ3n) is 4.16. The molecule has 0 aliphatic heterocycles. The molecule has 29 heavy (non-hydrogen) atoms. The molecule has 0 radical (unpaired) electrons. The fourth-order valence-corrected chi connectivity index (χ4v) is 3.87. The van der Waals surface area contributed by atoms with E-state index in [4.69, 9.17) is 11.6 Å². The molecular weight excluding hydrogens is 423 g/mol. The van der Waals surface area contributed by atoms with Crippen LogP contribution in [0.15, 0.2) is 65.6 Å². The Morgan fingerprint density at radius 2 is 1.76 bits per heavy atom. The van der Waals surface area contributed by atoms with E-state index in [0.717, 1.165) is 40.8 Å². The van der Waals surface area contributed by atoms with Crippen LogP contribution in [0.3, 0.4) is 0 Å². The van der Waals surface area contributed by atoms with Crippen molar-refractivity contribution in [3.05, 3.63) is 82.4 Å². The highest BCUT2D eigenvalue weighted by Crippen LogP contribution is 2.36. The predicted molar refractivity (Wildman–Crippen MR) is 110 cm³/mol. The molecule has 0 aromatic heterocycles. The SMILES string of the molecule is Cc1cc(C(=O)O)c(NSc2cc(Cl)cc(C(F)(F)F)c2)cc1-c1ccccc1. The first-order valence-electron chi connectivity index (χ1n) is 8.39. The largest absolute Gasteiger partial charge is 0.478 e. The van der Waals surface area contributed by atoms with Crippen molar-refractivity contribution in [2.75, 3.05) is 4.72 Å². The number of carboxylic acid groups (broad SMARTS) is 1. The lowest BCUT2D eigenvalue weighted by Gasteiger charge is -2.15. The van der Waals surface area contributed by atoms with Crippen LogP contribution in [0.5, 0.6) is 0 Å². The topological polar surface area (TPSA) is 49.3 Å². The minimum absolute atomic E-state index is 0.0211. The number of alkyl halides is 3. The number of aromatic carboxylic acids is 1. The fraction of sp³-hybridized carbons (Fsp3) is 0.0952. The van der Waals surface area contributed by atoms with Gasteiger partial charge in [0.05, 0.1) is 16.8 Å². The Hall–Kier alpha value is -2.64. The van der Waals surface area contributed by atoms with Crippen LogP contribution in [0.1, 0.15) is 21.5 Å². The van der Waals surface area contributed by atoms with Gasteiger partial charge in [0.2, 0.25) is 0 Å². The van der Waals surface area contributed by atoms with Gasteiger partial charge in [-0.15, -0.1) is 0 Å². The Morgan fingerprint density at radius 1 is 1.07 bits per heavy atom. The van der Waals surface area contributed by atoms with Crippen LogP contribution in [0, 0.1) is 6.92 Å². The molecule has 2 N–H and O–H groups in total. The van der Waals surface area contributed by atoms with Gasteiger partial charge in [0.15, 0.2) is 0 Å². The van der Waals surface area contributed by atoms with E-state index in [2.05, 4.69) is 4.72 Å². The molecule has 3 aromatic rings. The van der Waals surface area contributed by atoms with Crippen molar-refractivity contribution >= 4 is 35.2 Å². The maximum Gasteiger partial charge on any atom is 0.416 e. The Balaban J connectivity index is 1.96. The fourth-order valence-electron chi connectivity index (χ4n) is 2.80. The van der Waals surface area contributed by atoms with Crippen LogP contribution in [-0.2, 0) is 6.18 Å². The summed E-state index contributed by atoms with van der Waals surface area (Å²) < 4.78 is 41.9. The lowest BCUT2D eigenvalue weighted by molar-refractivity contribution is -0.137. The lowest BCUT2D eigenvalue weighted by atomic mass is 9.97. The molecule has 0 heterocycles. The summed E-state index contributed by atoms with van der Waals surface area (Å²) in [4.78, 5) is 11.9. The van der Waals surface area contributed by atoms with E-state index in [1.807, 2.05) is 30.3 Å². The molecule has 0 fully saturated rings. The van der Waals surface area contributed by atoms with Crippen LogP contribution in [-0.4, -0.2) is 11.1 Å². The van der Waals surface area contributed by atoms with Gasteiger partial charge in [-0.25, -0.2) is 4.79 Å². The smallest absolute Gasteiger partial charge is 0.416 e. The van der Waals surface area contributed by atoms with E-state index in [1.54, 1.807) is 13.0 Å². The second-order valence-electron chi connectivity index (χ2n) is 6.26. The molecule has 0 bridgehead atoms. The average molecular weight is 438 g/mol. The molecule has 0 aliphatic rings. The van der Waals surface area contributed by atoms with Gasteiger partial charge < -0.3 is 9.83 Å². The number of carbonyl (C=O) groups is 1. The summed E-state index contributed by atoms with van der Waals surface area (Å²) in [7, 11) is 0. The van der Waals surface area contributed by atoms with Crippen molar-refractivity contribution in [1.82, 2.24) is 0 Å². The molecule has 3 nitrogen and oxygen atoms in total. The Labute approximate surface area is 174 Å². The monoisotopic (exact) mass is 437 g/mol. The maximum atomic E-state index is 13.0. The molecule has 0 saturated carbocycles. The third-order valence-corrected chi connectivity index (χ3v) is 5.17. The normalized spacial score (nSPS) is 11.3. The number of benzene rings is 3. The number of aryl methyl sites for hydroxylation is 1. The molecule has 0 aliphatic carbocycles. The van der Waals surface area contributed by atoms with E-state index in [9.17, 15) is 23.1 Å². The number of hydrogen-bond acceptors (Lipinski definition) is 3. The Morgan fingerprint density at radius 3 is 2.38 bits per heavy atom. The average Bonchev–Trinajstić information content (AvgIpc) is 2.66. The summed E-state index contributed by atoms with van der Waals surface area (Å²) in [6, 6.07) is 15.8. The molecule has 3 rings (SSSR count). The summed E-state index contributed by atoms with van der Waals surface area (Å²) in [5, 5.41) is 9.47. The van der Waals surface area contributed by atoms with Gasteiger partial charge in [-0.3, -0.25) is 0 Å². The highest BCUT2D eigenvalue weighted by molar-refractivity contribution is 8.00. The van der Waals surface area contributed by atoms with E-state index in [1.165, 1.54) is 12.1 Å². The number of rotatable bonds is 5. The van der Waals surface area contributed by atoms with Crippen molar-refractivity contribution < 1.29 is 23.1 Å². The number of anilines is 1. The molecule has 0 amide bonds. The first kappa shape index (κ1) is 21.1. The first-order valence-corrected chi connectivity index (χ1v) is 9.58. The van der Waals surface area contributed by atoms with Gasteiger partial charge in [-0.1, -0.05) is 41.9 Å². The summed E-state index contributed by atoms with van der Waals surface area (Å²) in [5.41, 5.74) is 1.92. The van der Waals surface area contributed by atoms with E-state index in [-0.39, 0.29) is 21.2 Å². The molecule has 8 heteroatoms. The molecule has 0 saturated heterocycles. The zero-order valence-corrected chi connectivity index (χ0v) is 16.6. The second-order valence-corrected chi connectivity index (χ2v) is 7.58. The number of carboxylic acids is 1. The van der Waals surface area contributed by atoms with Crippen LogP contribution in [0.4, 0.5) is 18.9 Å². The third kappa shape index (κ3) is 5.05. The number of halogens is 4. The van der Waals surface area contributed by atoms with Crippen LogP contribution in [0.25, 0.3) is 11.1 Å². The Bertz CT molecular complexity index is 1060. The van der Waals surface area contributed by atoms with Gasteiger partial charge in [0, 0.05) is 9.92 Å². The Kier molecular flexibility index (Phi) is 6.10. The molecule has 0 atom stereocenters. The summed E-state index contributed by atoms with van der Waals surface area (Å²) in [6.07, 6.45) is -4.53. The summed E-state index contributed by atoms with van der Waals surface area (Å²) in [6.45, 7) is 1.80. The van der Waals surface area contributed by atoms with Gasteiger partial charge in [0.1, 0.15) is 0 Å². The lowest BCUT2D eigenvalue weighted by Crippen LogP contribution is -2.05. The molecule has 0 unspecified atom stereocenters. The molecule has 3 aromatic carbocycles. The number of nitrogens with one attached hydrogen (secondary N) is 1. The van der Waals surface area contributed by atoms with E-state index >= 15 is 0 Å². The molecule has 0 spiro atoms. The zero-order chi connectivity index (χ0) is 21.2. The summed E-state index contributed by atoms with van der Waals surface area (Å²) >= 11 is 6.67. The highest BCUT2D eigenvalue weighted by atomic mass is 35.5. The van der Waals surface area contributed by atoms with Gasteiger partial charge >= 0.3 is 12.1 Å². The quantitative estimate of drug-likeness (QED) is 0.416. The van der Waals surface area contributed by atoms with Gasteiger partial charge in [-0.2, -0.15) is 13.2 Å². The molecular formula is C21H15ClF3NO2S. The van der Waals surface area contributed by atoms with Crippen LogP contribution >= 0.6 is 23.5 Å². The van der Waals surface area contributed by atoms with Crippen LogP contribution < -0.4 is 4.72 Å². The summed E-state index contributed by atoms with van der Waals surface area (Å²) in [5.74, 6) is -1.14. The minimum atomic E-state index is -4.53. The van der Waals surface area contributed by atoms with Crippen molar-refractivity contribution in [3.63, 3.8) is 0 Å². The van der Waals surface area contributed by atoms with Crippen molar-refractivity contribution in [3.8, 4) is 11.1 Å².